The Morgan fingerprint density at radius 2 is 1.63 bits per heavy atom. The summed E-state index contributed by atoms with van der Waals surface area (Å²) >= 11 is 17.2. The minimum absolute atomic E-state index is 0. The summed E-state index contributed by atoms with van der Waals surface area (Å²) in [5.41, 5.74) is 0.954. The second-order valence-electron chi connectivity index (χ2n) is 3.48. The van der Waals surface area contributed by atoms with Crippen LogP contribution in [0.2, 0.25) is 10.0 Å². The third-order valence-electron chi connectivity index (χ3n) is 2.18. The number of rotatable bonds is 1. The fraction of sp³-hybridized carbons (Fsp3) is 0. The van der Waals surface area contributed by atoms with Gasteiger partial charge >= 0.3 is 0 Å². The van der Waals surface area contributed by atoms with Gasteiger partial charge in [0.05, 0.1) is 26.5 Å². The number of phenols is 1. The molecule has 0 atom stereocenters. The molecular weight excluding hydrogens is 319 g/mol. The van der Waals surface area contributed by atoms with Crippen molar-refractivity contribution in [1.29, 1.82) is 0 Å². The Labute approximate surface area is 146 Å². The summed E-state index contributed by atoms with van der Waals surface area (Å²) in [5.74, 6) is -0.456. The monoisotopic (exact) mass is 324 g/mol. The fourth-order valence-electron chi connectivity index (χ4n) is 1.33. The van der Waals surface area contributed by atoms with E-state index in [1.54, 1.807) is 0 Å². The first-order valence-electron chi connectivity index (χ1n) is 4.83. The molecule has 0 aromatic heterocycles. The number of nitrogens with zero attached hydrogens (tertiary/aromatic N) is 1. The predicted molar refractivity (Wildman–Crippen MR) is 79.1 cm³/mol. The van der Waals surface area contributed by atoms with Gasteiger partial charge in [-0.05, 0) is 30.4 Å². The smallest absolute Gasteiger partial charge is 0.197 e. The van der Waals surface area contributed by atoms with E-state index < -0.39 is 0 Å². The van der Waals surface area contributed by atoms with Crippen molar-refractivity contribution < 1.29 is 9.90 Å². The van der Waals surface area contributed by atoms with Crippen LogP contribution in [-0.2, 0) is 4.79 Å². The molecular formula is C12H6Cl3NNaO2. The zero-order valence-electron chi connectivity index (χ0n) is 9.82. The molecule has 0 bridgehead atoms. The maximum Gasteiger partial charge on any atom is 0.197 e. The van der Waals surface area contributed by atoms with Crippen LogP contribution in [0, 0.1) is 0 Å². The first-order chi connectivity index (χ1) is 8.47. The summed E-state index contributed by atoms with van der Waals surface area (Å²) in [4.78, 5) is 15.3. The first kappa shape index (κ1) is 16.8. The fourth-order valence-corrected chi connectivity index (χ4v) is 1.98. The second kappa shape index (κ2) is 6.93. The maximum absolute atomic E-state index is 11.1. The Kier molecular flexibility index (Phi) is 6.12. The predicted octanol–water partition coefficient (Wildman–Crippen LogP) is 3.65. The molecule has 0 saturated carbocycles. The number of halogens is 3. The van der Waals surface area contributed by atoms with Gasteiger partial charge in [0.25, 0.3) is 0 Å². The van der Waals surface area contributed by atoms with E-state index in [2.05, 4.69) is 4.99 Å². The molecule has 0 spiro atoms. The van der Waals surface area contributed by atoms with Crippen LogP contribution in [0.25, 0.3) is 0 Å². The summed E-state index contributed by atoms with van der Waals surface area (Å²) in [5, 5.41) is 9.71. The quantitative estimate of drug-likeness (QED) is 0.633. The van der Waals surface area contributed by atoms with Gasteiger partial charge in [-0.15, -0.1) is 0 Å². The van der Waals surface area contributed by atoms with E-state index in [0.29, 0.717) is 11.4 Å². The molecule has 1 aromatic rings. The van der Waals surface area contributed by atoms with Crippen LogP contribution in [0.3, 0.4) is 0 Å². The van der Waals surface area contributed by atoms with Gasteiger partial charge < -0.3 is 5.11 Å². The number of hydrogen-bond donors (Lipinski definition) is 1. The average Bonchev–Trinajstić information content (AvgIpc) is 2.31. The molecule has 0 saturated heterocycles. The number of aliphatic imine (C=N–C) groups is 1. The van der Waals surface area contributed by atoms with Crippen molar-refractivity contribution in [2.75, 3.05) is 0 Å². The number of carbonyl (C=O) groups excluding carboxylic acids is 1. The molecule has 0 unspecified atom stereocenters. The molecule has 1 aromatic carbocycles. The van der Waals surface area contributed by atoms with E-state index >= 15 is 0 Å². The van der Waals surface area contributed by atoms with Crippen molar-refractivity contribution in [2.24, 2.45) is 4.99 Å². The van der Waals surface area contributed by atoms with Gasteiger partial charge in [-0.2, -0.15) is 0 Å². The van der Waals surface area contributed by atoms with Gasteiger partial charge in [-0.1, -0.05) is 34.8 Å². The van der Waals surface area contributed by atoms with Crippen LogP contribution in [0.1, 0.15) is 0 Å². The zero-order valence-corrected chi connectivity index (χ0v) is 14.1. The summed E-state index contributed by atoms with van der Waals surface area (Å²) in [6.45, 7) is 0. The van der Waals surface area contributed by atoms with Gasteiger partial charge in [0, 0.05) is 29.6 Å². The Hall–Kier alpha value is -0.290. The van der Waals surface area contributed by atoms with Gasteiger partial charge in [0.1, 0.15) is 0 Å². The van der Waals surface area contributed by atoms with Gasteiger partial charge in [-0.3, -0.25) is 4.79 Å². The van der Waals surface area contributed by atoms with E-state index in [9.17, 15) is 9.90 Å². The van der Waals surface area contributed by atoms with E-state index in [4.69, 9.17) is 34.8 Å². The summed E-state index contributed by atoms with van der Waals surface area (Å²) in [7, 11) is 0. The molecule has 3 nitrogen and oxygen atoms in total. The molecule has 1 aliphatic rings. The van der Waals surface area contributed by atoms with E-state index in [1.165, 1.54) is 30.4 Å². The molecule has 19 heavy (non-hydrogen) atoms. The minimum atomic E-state index is -0.266. The normalized spacial score (nSPS) is 16.3. The molecule has 1 aliphatic carbocycles. The van der Waals surface area contributed by atoms with Crippen molar-refractivity contribution in [2.45, 2.75) is 0 Å². The zero-order chi connectivity index (χ0) is 13.3. The molecule has 0 fully saturated rings. The molecule has 0 heterocycles. The Bertz CT molecular complexity index is 600. The number of ketones is 1. The van der Waals surface area contributed by atoms with Crippen LogP contribution in [-0.4, -0.2) is 46.2 Å². The Morgan fingerprint density at radius 3 is 2.16 bits per heavy atom. The van der Waals surface area contributed by atoms with Crippen molar-refractivity contribution in [3.8, 4) is 5.75 Å². The van der Waals surface area contributed by atoms with Crippen LogP contribution in [0.4, 0.5) is 5.69 Å². The number of phenolic OH excluding ortho intramolecular Hbond substituents is 1. The van der Waals surface area contributed by atoms with Gasteiger partial charge in [-0.25, -0.2) is 4.99 Å². The van der Waals surface area contributed by atoms with Gasteiger partial charge in [0.15, 0.2) is 11.5 Å². The third kappa shape index (κ3) is 4.09. The molecule has 1 N–H and O–H groups in total. The van der Waals surface area contributed by atoms with E-state index in [1.807, 2.05) is 0 Å². The number of aromatic hydroxyl groups is 1. The molecule has 93 valence electrons. The summed E-state index contributed by atoms with van der Waals surface area (Å²) in [6, 6.07) is 2.92. The first-order valence-corrected chi connectivity index (χ1v) is 5.97. The van der Waals surface area contributed by atoms with E-state index in [-0.39, 0.29) is 56.2 Å². The molecule has 2 rings (SSSR count). The summed E-state index contributed by atoms with van der Waals surface area (Å²) in [6.07, 6.45) is 4.30. The SMILES string of the molecule is O=C1C=CC(=Nc2cc(Cl)c(O)c(Cl)c2)C=C1Cl.[Na]. The third-order valence-corrected chi connectivity index (χ3v) is 3.05. The Balaban J connectivity index is 0.00000180. The largest absolute Gasteiger partial charge is 0.505 e. The minimum Gasteiger partial charge on any atom is -0.505 e. The van der Waals surface area contributed by atoms with Crippen molar-refractivity contribution in [3.63, 3.8) is 0 Å². The van der Waals surface area contributed by atoms with Crippen molar-refractivity contribution >= 4 is 81.5 Å². The number of benzene rings is 1. The molecule has 1 radical (unpaired) electrons. The standard InChI is InChI=1S/C12H6Cl3NO2.Na/c13-8-3-6(1-2-11(8)17)16-7-4-9(14)12(18)10(15)5-7;/h1-5,18H;. The van der Waals surface area contributed by atoms with Crippen LogP contribution in [0.15, 0.2) is 40.4 Å². The Morgan fingerprint density at radius 1 is 1.05 bits per heavy atom. The average molecular weight is 326 g/mol. The molecule has 7 heteroatoms. The number of carbonyl (C=O) groups is 1. The van der Waals surface area contributed by atoms with Crippen LogP contribution >= 0.6 is 34.8 Å². The maximum atomic E-state index is 11.1. The van der Waals surface area contributed by atoms with E-state index in [0.717, 1.165) is 0 Å². The van der Waals surface area contributed by atoms with Crippen LogP contribution in [0.5, 0.6) is 5.75 Å². The number of allylic oxidation sites excluding steroid dienone is 4. The molecule has 0 amide bonds. The summed E-state index contributed by atoms with van der Waals surface area (Å²) < 4.78 is 0. The van der Waals surface area contributed by atoms with Crippen LogP contribution < -0.4 is 0 Å². The number of hydrogen-bond acceptors (Lipinski definition) is 3. The molecule has 0 aliphatic heterocycles. The van der Waals surface area contributed by atoms with Crippen molar-refractivity contribution in [1.82, 2.24) is 0 Å². The van der Waals surface area contributed by atoms with Gasteiger partial charge in [0.2, 0.25) is 0 Å². The van der Waals surface area contributed by atoms with Crippen molar-refractivity contribution in [3.05, 3.63) is 45.4 Å². The topological polar surface area (TPSA) is 49.7 Å². The second-order valence-corrected chi connectivity index (χ2v) is 4.71.